The van der Waals surface area contributed by atoms with Crippen LogP contribution in [-0.2, 0) is 11.3 Å². The summed E-state index contributed by atoms with van der Waals surface area (Å²) in [5, 5.41) is 2.98. The van der Waals surface area contributed by atoms with E-state index in [1.165, 1.54) is 6.42 Å². The fourth-order valence-electron chi connectivity index (χ4n) is 5.36. The summed E-state index contributed by atoms with van der Waals surface area (Å²) < 4.78 is 5.17. The lowest BCUT2D eigenvalue weighted by Gasteiger charge is -2.40. The molecule has 2 aliphatic carbocycles. The van der Waals surface area contributed by atoms with Crippen LogP contribution >= 0.6 is 0 Å². The van der Waals surface area contributed by atoms with Gasteiger partial charge in [0.05, 0.1) is 7.11 Å². The van der Waals surface area contributed by atoms with Crippen molar-refractivity contribution in [2.75, 3.05) is 12.4 Å². The van der Waals surface area contributed by atoms with Crippen LogP contribution in [0.3, 0.4) is 0 Å². The lowest BCUT2D eigenvalue weighted by molar-refractivity contribution is -0.141. The first-order chi connectivity index (χ1) is 16.5. The minimum atomic E-state index is -0.177. The zero-order valence-electron chi connectivity index (χ0n) is 20.2. The average Bonchev–Trinajstić information content (AvgIpc) is 2.88. The van der Waals surface area contributed by atoms with Gasteiger partial charge in [-0.1, -0.05) is 44.2 Å². The molecule has 0 spiro atoms. The van der Waals surface area contributed by atoms with Gasteiger partial charge >= 0.3 is 0 Å². The van der Waals surface area contributed by atoms with Crippen molar-refractivity contribution in [1.82, 2.24) is 4.90 Å². The van der Waals surface area contributed by atoms with Gasteiger partial charge in [-0.25, -0.2) is 0 Å². The fourth-order valence-corrected chi connectivity index (χ4v) is 5.36. The lowest BCUT2D eigenvalue weighted by atomic mass is 9.85. The predicted octanol–water partition coefficient (Wildman–Crippen LogP) is 5.13. The third-order valence-corrected chi connectivity index (χ3v) is 7.31. The molecule has 2 unspecified atom stereocenters. The van der Waals surface area contributed by atoms with Crippen LogP contribution in [0.1, 0.15) is 73.7 Å². The molecule has 0 bridgehead atoms. The second kappa shape index (κ2) is 11.5. The van der Waals surface area contributed by atoms with Crippen molar-refractivity contribution in [2.24, 2.45) is 11.7 Å². The molecule has 6 heteroatoms. The molecule has 2 fully saturated rings. The Morgan fingerprint density at radius 3 is 2.38 bits per heavy atom. The van der Waals surface area contributed by atoms with E-state index >= 15 is 0 Å². The number of nitrogens with two attached hydrogens (primary N) is 1. The van der Waals surface area contributed by atoms with E-state index in [0.29, 0.717) is 17.9 Å². The number of ether oxygens (including phenoxy) is 1. The normalized spacial score (nSPS) is 21.0. The summed E-state index contributed by atoms with van der Waals surface area (Å²) in [6.45, 7) is 0.528. The summed E-state index contributed by atoms with van der Waals surface area (Å²) in [5.41, 5.74) is 8.81. The molecule has 3 N–H and O–H groups in total. The Morgan fingerprint density at radius 2 is 1.68 bits per heavy atom. The fraction of sp³-hybridized carbons (Fsp3) is 0.500. The Hall–Kier alpha value is -2.86. The molecule has 6 nitrogen and oxygen atoms in total. The zero-order valence-corrected chi connectivity index (χ0v) is 20.2. The SMILES string of the molecule is COc1ccc(C(=O)Nc2cccc(CN(C(=O)C3CCCCC3)C3CCCCC3N)c2)cc1. The number of nitrogens with zero attached hydrogens (tertiary/aromatic N) is 1. The van der Waals surface area contributed by atoms with E-state index in [2.05, 4.69) is 10.2 Å². The van der Waals surface area contributed by atoms with Gasteiger partial charge < -0.3 is 20.7 Å². The van der Waals surface area contributed by atoms with Gasteiger partial charge in [0.15, 0.2) is 0 Å². The van der Waals surface area contributed by atoms with Gasteiger partial charge in [-0.05, 0) is 67.6 Å². The van der Waals surface area contributed by atoms with Gasteiger partial charge in [0.25, 0.3) is 5.91 Å². The van der Waals surface area contributed by atoms with E-state index in [1.54, 1.807) is 31.4 Å². The summed E-state index contributed by atoms with van der Waals surface area (Å²) in [6, 6.07) is 14.9. The Labute approximate surface area is 202 Å². The summed E-state index contributed by atoms with van der Waals surface area (Å²) in [7, 11) is 1.60. The Bertz CT molecular complexity index is 969. The molecule has 2 amide bonds. The van der Waals surface area contributed by atoms with Crippen molar-refractivity contribution in [3.63, 3.8) is 0 Å². The topological polar surface area (TPSA) is 84.7 Å². The van der Waals surface area contributed by atoms with Gasteiger partial charge in [-0.15, -0.1) is 0 Å². The van der Waals surface area contributed by atoms with Gasteiger partial charge in [-0.3, -0.25) is 9.59 Å². The molecule has 0 heterocycles. The molecular formula is C28H37N3O3. The molecule has 2 aromatic rings. The van der Waals surface area contributed by atoms with Crippen LogP contribution in [0.25, 0.3) is 0 Å². The second-order valence-electron chi connectivity index (χ2n) is 9.70. The number of carbonyl (C=O) groups is 2. The zero-order chi connectivity index (χ0) is 23.9. The van der Waals surface area contributed by atoms with Crippen LogP contribution in [-0.4, -0.2) is 35.9 Å². The maximum Gasteiger partial charge on any atom is 0.255 e. The molecule has 2 aromatic carbocycles. The third kappa shape index (κ3) is 5.98. The average molecular weight is 464 g/mol. The van der Waals surface area contributed by atoms with Crippen molar-refractivity contribution < 1.29 is 14.3 Å². The summed E-state index contributed by atoms with van der Waals surface area (Å²) in [6.07, 6.45) is 9.64. The van der Waals surface area contributed by atoms with Crippen LogP contribution in [0.15, 0.2) is 48.5 Å². The second-order valence-corrected chi connectivity index (χ2v) is 9.70. The highest BCUT2D eigenvalue weighted by Gasteiger charge is 2.34. The molecule has 2 atom stereocenters. The molecule has 2 aliphatic rings. The van der Waals surface area contributed by atoms with E-state index in [1.807, 2.05) is 24.3 Å². The van der Waals surface area contributed by atoms with E-state index in [9.17, 15) is 9.59 Å². The molecule has 0 aromatic heterocycles. The molecule has 0 saturated heterocycles. The number of amides is 2. The number of hydrogen-bond acceptors (Lipinski definition) is 4. The number of methoxy groups -OCH3 is 1. The van der Waals surface area contributed by atoms with Gasteiger partial charge in [-0.2, -0.15) is 0 Å². The number of anilines is 1. The number of nitrogens with one attached hydrogen (secondary N) is 1. The van der Waals surface area contributed by atoms with Crippen LogP contribution in [0.4, 0.5) is 5.69 Å². The summed E-state index contributed by atoms with van der Waals surface area (Å²) in [4.78, 5) is 28.4. The first kappa shape index (κ1) is 24.3. The first-order valence-corrected chi connectivity index (χ1v) is 12.7. The third-order valence-electron chi connectivity index (χ3n) is 7.31. The van der Waals surface area contributed by atoms with Crippen LogP contribution in [0.5, 0.6) is 5.75 Å². The Kier molecular flexibility index (Phi) is 8.22. The molecule has 2 saturated carbocycles. The van der Waals surface area contributed by atoms with Crippen molar-refractivity contribution in [3.05, 3.63) is 59.7 Å². The smallest absolute Gasteiger partial charge is 0.255 e. The number of benzene rings is 2. The minimum absolute atomic E-state index is 0.0271. The van der Waals surface area contributed by atoms with E-state index in [4.69, 9.17) is 10.5 Å². The van der Waals surface area contributed by atoms with Crippen LogP contribution in [0.2, 0.25) is 0 Å². The van der Waals surface area contributed by atoms with Crippen molar-refractivity contribution in [3.8, 4) is 5.75 Å². The van der Waals surface area contributed by atoms with E-state index < -0.39 is 0 Å². The van der Waals surface area contributed by atoms with E-state index in [0.717, 1.165) is 62.6 Å². The van der Waals surface area contributed by atoms with Crippen molar-refractivity contribution >= 4 is 17.5 Å². The Balaban J connectivity index is 1.49. The van der Waals surface area contributed by atoms with Crippen LogP contribution < -0.4 is 15.8 Å². The maximum atomic E-state index is 13.6. The summed E-state index contributed by atoms with van der Waals surface area (Å²) in [5.74, 6) is 0.905. The predicted molar refractivity (Wildman–Crippen MR) is 135 cm³/mol. The number of rotatable bonds is 7. The number of hydrogen-bond donors (Lipinski definition) is 2. The quantitative estimate of drug-likeness (QED) is 0.596. The highest BCUT2D eigenvalue weighted by molar-refractivity contribution is 6.04. The maximum absolute atomic E-state index is 13.6. The van der Waals surface area contributed by atoms with Crippen molar-refractivity contribution in [2.45, 2.75) is 76.4 Å². The lowest BCUT2D eigenvalue weighted by Crippen LogP contribution is -2.53. The largest absolute Gasteiger partial charge is 0.497 e. The van der Waals surface area contributed by atoms with Crippen LogP contribution in [0, 0.1) is 5.92 Å². The molecule has 182 valence electrons. The Morgan fingerprint density at radius 1 is 0.971 bits per heavy atom. The molecule has 4 rings (SSSR count). The number of carbonyl (C=O) groups excluding carboxylic acids is 2. The van der Waals surface area contributed by atoms with E-state index in [-0.39, 0.29) is 29.8 Å². The molecular weight excluding hydrogens is 426 g/mol. The standard InChI is InChI=1S/C28H37N3O3/c1-34-24-16-14-21(15-17-24)27(32)30-23-11-7-8-20(18-23)19-31(26-13-6-5-12-25(26)29)28(33)22-9-3-2-4-10-22/h7-8,11,14-18,22,25-26H,2-6,9-10,12-13,19,29H2,1H3,(H,30,32). The van der Waals surface area contributed by atoms with Gasteiger partial charge in [0.1, 0.15) is 5.75 Å². The first-order valence-electron chi connectivity index (χ1n) is 12.7. The molecule has 34 heavy (non-hydrogen) atoms. The highest BCUT2D eigenvalue weighted by atomic mass is 16.5. The van der Waals surface area contributed by atoms with Crippen molar-refractivity contribution in [1.29, 1.82) is 0 Å². The van der Waals surface area contributed by atoms with Gasteiger partial charge in [0.2, 0.25) is 5.91 Å². The minimum Gasteiger partial charge on any atom is -0.497 e. The monoisotopic (exact) mass is 463 g/mol. The molecule has 0 radical (unpaired) electrons. The molecule has 0 aliphatic heterocycles. The highest BCUT2D eigenvalue weighted by Crippen LogP contribution is 2.30. The van der Waals surface area contributed by atoms with Gasteiger partial charge in [0, 0.05) is 35.8 Å². The summed E-state index contributed by atoms with van der Waals surface area (Å²) >= 11 is 0.